The molecule has 1 N–H and O–H groups in total. The van der Waals surface area contributed by atoms with Crippen LogP contribution in [0.25, 0.3) is 0 Å². The van der Waals surface area contributed by atoms with Crippen molar-refractivity contribution in [1.82, 2.24) is 14.8 Å². The van der Waals surface area contributed by atoms with Gasteiger partial charge in [0, 0.05) is 17.8 Å². The number of rotatable bonds is 4. The van der Waals surface area contributed by atoms with Crippen LogP contribution in [-0.4, -0.2) is 31.8 Å². The standard InChI is InChI=1S/C16H17N5O4/c1-9(2)25-15(22)13-10(3)19-16-17-8-18-20(16)14(13)11-4-6-12(7-5-11)21(23)24/h4-9,14H,1-3H3,(H,17,18,19)/t14-/m0/s1. The number of nitro benzene ring substituents is 1. The van der Waals surface area contributed by atoms with E-state index in [2.05, 4.69) is 15.4 Å². The molecule has 0 saturated heterocycles. The molecular formula is C16H17N5O4. The summed E-state index contributed by atoms with van der Waals surface area (Å²) in [5.41, 5.74) is 1.65. The predicted molar refractivity (Wildman–Crippen MR) is 88.8 cm³/mol. The van der Waals surface area contributed by atoms with Gasteiger partial charge in [-0.05, 0) is 38.5 Å². The van der Waals surface area contributed by atoms with E-state index in [9.17, 15) is 14.9 Å². The first kappa shape index (κ1) is 16.6. The Labute approximate surface area is 143 Å². The summed E-state index contributed by atoms with van der Waals surface area (Å²) in [5, 5.41) is 18.1. The fourth-order valence-corrected chi connectivity index (χ4v) is 2.72. The minimum Gasteiger partial charge on any atom is -0.459 e. The monoisotopic (exact) mass is 343 g/mol. The smallest absolute Gasteiger partial charge is 0.338 e. The number of allylic oxidation sites excluding steroid dienone is 1. The summed E-state index contributed by atoms with van der Waals surface area (Å²) in [6, 6.07) is 5.43. The highest BCUT2D eigenvalue weighted by atomic mass is 16.6. The van der Waals surface area contributed by atoms with Crippen molar-refractivity contribution in [2.75, 3.05) is 5.32 Å². The van der Waals surface area contributed by atoms with Gasteiger partial charge >= 0.3 is 5.97 Å². The molecule has 0 saturated carbocycles. The lowest BCUT2D eigenvalue weighted by atomic mass is 9.95. The molecule has 0 aliphatic carbocycles. The molecule has 2 aromatic rings. The predicted octanol–water partition coefficient (Wildman–Crippen LogP) is 2.43. The Morgan fingerprint density at radius 2 is 2.04 bits per heavy atom. The van der Waals surface area contributed by atoms with Crippen LogP contribution >= 0.6 is 0 Å². The Morgan fingerprint density at radius 1 is 1.36 bits per heavy atom. The molecule has 1 atom stereocenters. The largest absolute Gasteiger partial charge is 0.459 e. The summed E-state index contributed by atoms with van der Waals surface area (Å²) in [5.74, 6) is 0.0199. The van der Waals surface area contributed by atoms with Crippen molar-refractivity contribution in [3.05, 3.63) is 57.5 Å². The van der Waals surface area contributed by atoms with Crippen molar-refractivity contribution in [3.8, 4) is 0 Å². The number of nitrogens with zero attached hydrogens (tertiary/aromatic N) is 4. The molecule has 25 heavy (non-hydrogen) atoms. The van der Waals surface area contributed by atoms with Gasteiger partial charge in [-0.15, -0.1) is 0 Å². The molecule has 0 fully saturated rings. The van der Waals surface area contributed by atoms with Gasteiger partial charge in [0.05, 0.1) is 16.6 Å². The van der Waals surface area contributed by atoms with Gasteiger partial charge in [-0.2, -0.15) is 10.1 Å². The van der Waals surface area contributed by atoms with Crippen LogP contribution in [0.1, 0.15) is 32.4 Å². The van der Waals surface area contributed by atoms with Gasteiger partial charge in [-0.3, -0.25) is 10.1 Å². The number of carbonyl (C=O) groups excluding carboxylic acids is 1. The van der Waals surface area contributed by atoms with Gasteiger partial charge in [0.25, 0.3) is 5.69 Å². The van der Waals surface area contributed by atoms with Crippen LogP contribution in [0.15, 0.2) is 41.9 Å². The number of aromatic nitrogens is 3. The molecule has 9 heteroatoms. The van der Waals surface area contributed by atoms with Crippen LogP contribution in [0.3, 0.4) is 0 Å². The number of non-ortho nitro benzene ring substituents is 1. The van der Waals surface area contributed by atoms with Gasteiger partial charge in [0.1, 0.15) is 12.4 Å². The van der Waals surface area contributed by atoms with E-state index >= 15 is 0 Å². The Morgan fingerprint density at radius 3 is 2.64 bits per heavy atom. The van der Waals surface area contributed by atoms with E-state index in [0.29, 0.717) is 22.8 Å². The fourth-order valence-electron chi connectivity index (χ4n) is 2.72. The van der Waals surface area contributed by atoms with Gasteiger partial charge in [0.15, 0.2) is 0 Å². The van der Waals surface area contributed by atoms with Gasteiger partial charge in [-0.1, -0.05) is 0 Å². The number of fused-ring (bicyclic) bond motifs is 1. The molecular weight excluding hydrogens is 326 g/mol. The van der Waals surface area contributed by atoms with E-state index in [1.54, 1.807) is 37.6 Å². The average molecular weight is 343 g/mol. The molecule has 1 aliphatic heterocycles. The minimum absolute atomic E-state index is 0.0245. The first-order valence-electron chi connectivity index (χ1n) is 7.71. The lowest BCUT2D eigenvalue weighted by Crippen LogP contribution is -2.30. The highest BCUT2D eigenvalue weighted by Crippen LogP contribution is 2.35. The lowest BCUT2D eigenvalue weighted by Gasteiger charge is -2.28. The molecule has 0 unspecified atom stereocenters. The maximum atomic E-state index is 12.6. The number of anilines is 1. The second-order valence-corrected chi connectivity index (χ2v) is 5.90. The van der Waals surface area contributed by atoms with Crippen molar-refractivity contribution in [1.29, 1.82) is 0 Å². The van der Waals surface area contributed by atoms with Gasteiger partial charge in [-0.25, -0.2) is 9.48 Å². The minimum atomic E-state index is -0.578. The summed E-state index contributed by atoms with van der Waals surface area (Å²) in [4.78, 5) is 27.2. The van der Waals surface area contributed by atoms with E-state index in [0.717, 1.165) is 0 Å². The third-order valence-corrected chi connectivity index (χ3v) is 3.78. The third-order valence-electron chi connectivity index (χ3n) is 3.78. The highest BCUT2D eigenvalue weighted by Gasteiger charge is 2.34. The quantitative estimate of drug-likeness (QED) is 0.515. The SMILES string of the molecule is CC1=C(C(=O)OC(C)C)[C@H](c2ccc([N+](=O)[O-])cc2)n2ncnc2N1. The Kier molecular flexibility index (Phi) is 4.22. The van der Waals surface area contributed by atoms with E-state index < -0.39 is 16.9 Å². The Bertz CT molecular complexity index is 854. The van der Waals surface area contributed by atoms with Crippen molar-refractivity contribution in [3.63, 3.8) is 0 Å². The van der Waals surface area contributed by atoms with Crippen LogP contribution in [0.4, 0.5) is 11.6 Å². The number of benzene rings is 1. The normalized spacial score (nSPS) is 16.4. The average Bonchev–Trinajstić information content (AvgIpc) is 3.00. The van der Waals surface area contributed by atoms with E-state index in [-0.39, 0.29) is 11.8 Å². The number of hydrogen-bond acceptors (Lipinski definition) is 7. The molecule has 0 spiro atoms. The molecule has 3 rings (SSSR count). The van der Waals surface area contributed by atoms with Crippen LogP contribution in [0.5, 0.6) is 0 Å². The fraction of sp³-hybridized carbons (Fsp3) is 0.312. The van der Waals surface area contributed by atoms with Gasteiger partial charge < -0.3 is 10.1 Å². The van der Waals surface area contributed by atoms with Crippen LogP contribution in [0, 0.1) is 10.1 Å². The molecule has 0 radical (unpaired) electrons. The first-order chi connectivity index (χ1) is 11.9. The molecule has 0 bridgehead atoms. The topological polar surface area (TPSA) is 112 Å². The molecule has 1 aromatic heterocycles. The zero-order valence-corrected chi connectivity index (χ0v) is 14.0. The number of hydrogen-bond donors (Lipinski definition) is 1. The molecule has 1 aromatic carbocycles. The van der Waals surface area contributed by atoms with E-state index in [4.69, 9.17) is 4.74 Å². The Hall–Kier alpha value is -3.23. The Balaban J connectivity index is 2.08. The van der Waals surface area contributed by atoms with Crippen molar-refractivity contribution in [2.24, 2.45) is 0 Å². The molecule has 1 aliphatic rings. The van der Waals surface area contributed by atoms with Gasteiger partial charge in [0.2, 0.25) is 5.95 Å². The second kappa shape index (κ2) is 6.34. The van der Waals surface area contributed by atoms with Crippen LogP contribution in [-0.2, 0) is 9.53 Å². The van der Waals surface area contributed by atoms with Crippen molar-refractivity contribution >= 4 is 17.6 Å². The van der Waals surface area contributed by atoms with Crippen molar-refractivity contribution in [2.45, 2.75) is 32.9 Å². The van der Waals surface area contributed by atoms with Crippen LogP contribution < -0.4 is 5.32 Å². The summed E-state index contributed by atoms with van der Waals surface area (Å²) in [6.45, 7) is 5.30. The maximum absolute atomic E-state index is 12.6. The number of carbonyl (C=O) groups is 1. The molecule has 0 amide bonds. The van der Waals surface area contributed by atoms with E-state index in [1.807, 2.05) is 0 Å². The molecule has 130 valence electrons. The van der Waals surface area contributed by atoms with Crippen molar-refractivity contribution < 1.29 is 14.5 Å². The highest BCUT2D eigenvalue weighted by molar-refractivity contribution is 5.92. The summed E-state index contributed by atoms with van der Waals surface area (Å²) < 4.78 is 6.92. The lowest BCUT2D eigenvalue weighted by molar-refractivity contribution is -0.384. The summed E-state index contributed by atoms with van der Waals surface area (Å²) >= 11 is 0. The summed E-state index contributed by atoms with van der Waals surface area (Å²) in [6.07, 6.45) is 1.10. The summed E-state index contributed by atoms with van der Waals surface area (Å²) in [7, 11) is 0. The third kappa shape index (κ3) is 3.08. The zero-order valence-electron chi connectivity index (χ0n) is 14.0. The molecule has 9 nitrogen and oxygen atoms in total. The van der Waals surface area contributed by atoms with E-state index in [1.165, 1.54) is 18.5 Å². The first-order valence-corrected chi connectivity index (χ1v) is 7.71. The van der Waals surface area contributed by atoms with Crippen LogP contribution in [0.2, 0.25) is 0 Å². The maximum Gasteiger partial charge on any atom is 0.338 e. The number of nitrogens with one attached hydrogen (secondary N) is 1. The second-order valence-electron chi connectivity index (χ2n) is 5.90. The zero-order chi connectivity index (χ0) is 18.1. The molecule has 2 heterocycles. The number of ether oxygens (including phenoxy) is 1. The number of nitro groups is 1. The number of esters is 1.